The first kappa shape index (κ1) is 20.2. The summed E-state index contributed by atoms with van der Waals surface area (Å²) >= 11 is 0. The van der Waals surface area contributed by atoms with E-state index in [4.69, 9.17) is 4.74 Å². The Morgan fingerprint density at radius 3 is 2.66 bits per heavy atom. The average Bonchev–Trinajstić information content (AvgIpc) is 2.88. The van der Waals surface area contributed by atoms with Crippen LogP contribution in [-0.4, -0.2) is 64.7 Å². The van der Waals surface area contributed by atoms with E-state index in [1.807, 2.05) is 39.0 Å². The van der Waals surface area contributed by atoms with E-state index >= 15 is 0 Å². The average molecular weight is 402 g/mol. The second-order valence-corrected chi connectivity index (χ2v) is 9.26. The molecule has 3 aliphatic rings. The zero-order valence-electron chi connectivity index (χ0n) is 17.5. The molecule has 2 N–H and O–H groups in total. The Balaban J connectivity index is 1.51. The Labute approximate surface area is 172 Å². The van der Waals surface area contributed by atoms with Gasteiger partial charge in [-0.1, -0.05) is 11.6 Å². The van der Waals surface area contributed by atoms with E-state index in [9.17, 15) is 14.7 Å². The van der Waals surface area contributed by atoms with Gasteiger partial charge in [-0.2, -0.15) is 0 Å². The van der Waals surface area contributed by atoms with Crippen LogP contribution in [0, 0.1) is 6.92 Å². The predicted octanol–water partition coefficient (Wildman–Crippen LogP) is 2.15. The summed E-state index contributed by atoms with van der Waals surface area (Å²) in [6, 6.07) is 5.47. The third-order valence-electron chi connectivity index (χ3n) is 6.26. The fourth-order valence-corrected chi connectivity index (χ4v) is 4.86. The zero-order valence-corrected chi connectivity index (χ0v) is 17.5. The number of ether oxygens (including phenoxy) is 1. The molecular weight excluding hydrogens is 370 g/mol. The number of carbonyl (C=O) groups is 2. The number of piperidine rings is 1. The van der Waals surface area contributed by atoms with E-state index in [0.717, 1.165) is 50.0 Å². The van der Waals surface area contributed by atoms with Crippen molar-refractivity contribution >= 4 is 11.9 Å². The molecule has 7 nitrogen and oxygen atoms in total. The zero-order chi connectivity index (χ0) is 20.8. The number of likely N-dealkylation sites (tertiary alicyclic amines) is 1. The number of aryl methyl sites for hydroxylation is 1. The summed E-state index contributed by atoms with van der Waals surface area (Å²) in [5.41, 5.74) is 0.160. The Kier molecular flexibility index (Phi) is 5.07. The predicted molar refractivity (Wildman–Crippen MR) is 109 cm³/mol. The van der Waals surface area contributed by atoms with Crippen LogP contribution in [0.15, 0.2) is 18.2 Å². The molecule has 0 aliphatic carbocycles. The van der Waals surface area contributed by atoms with E-state index in [1.165, 1.54) is 4.90 Å². The summed E-state index contributed by atoms with van der Waals surface area (Å²) < 4.78 is 6.10. The Bertz CT molecular complexity index is 816. The molecule has 3 heterocycles. The Morgan fingerprint density at radius 2 is 1.93 bits per heavy atom. The van der Waals surface area contributed by atoms with Crippen molar-refractivity contribution in [3.63, 3.8) is 0 Å². The summed E-state index contributed by atoms with van der Waals surface area (Å²) in [6.07, 6.45) is 2.51. The first-order valence-electron chi connectivity index (χ1n) is 10.5. The summed E-state index contributed by atoms with van der Waals surface area (Å²) in [5, 5.41) is 12.6. The maximum atomic E-state index is 13.5. The lowest BCUT2D eigenvalue weighted by Crippen LogP contribution is -2.53. The maximum absolute atomic E-state index is 13.5. The van der Waals surface area contributed by atoms with Crippen molar-refractivity contribution in [3.05, 3.63) is 29.3 Å². The summed E-state index contributed by atoms with van der Waals surface area (Å²) in [5.74, 6) is 0.481. The number of carbonyl (C=O) groups excluding carboxylic acids is 2. The lowest BCUT2D eigenvalue weighted by Gasteiger charge is -2.42. The van der Waals surface area contributed by atoms with Gasteiger partial charge in [-0.3, -0.25) is 9.69 Å². The van der Waals surface area contributed by atoms with E-state index in [-0.39, 0.29) is 18.0 Å². The van der Waals surface area contributed by atoms with Gasteiger partial charge in [0.2, 0.25) is 0 Å². The smallest absolute Gasteiger partial charge is 0.325 e. The number of nitrogens with zero attached hydrogens (tertiary/aromatic N) is 2. The highest BCUT2D eigenvalue weighted by atomic mass is 16.5. The highest BCUT2D eigenvalue weighted by molar-refractivity contribution is 6.08. The number of aliphatic hydroxyl groups excluding tert-OH is 1. The van der Waals surface area contributed by atoms with Crippen LogP contribution >= 0.6 is 0 Å². The molecule has 158 valence electrons. The molecule has 1 aromatic rings. The lowest BCUT2D eigenvalue weighted by atomic mass is 9.77. The number of fused-ring (bicyclic) bond motifs is 2. The molecule has 0 radical (unpaired) electrons. The van der Waals surface area contributed by atoms with Crippen LogP contribution in [0.1, 0.15) is 50.7 Å². The van der Waals surface area contributed by atoms with Gasteiger partial charge >= 0.3 is 6.03 Å². The van der Waals surface area contributed by atoms with Gasteiger partial charge in [0.1, 0.15) is 11.4 Å². The van der Waals surface area contributed by atoms with Gasteiger partial charge < -0.3 is 20.1 Å². The lowest BCUT2D eigenvalue weighted by molar-refractivity contribution is -0.134. The van der Waals surface area contributed by atoms with Crippen LogP contribution in [0.5, 0.6) is 5.75 Å². The van der Waals surface area contributed by atoms with Gasteiger partial charge in [-0.15, -0.1) is 0 Å². The third kappa shape index (κ3) is 3.73. The van der Waals surface area contributed by atoms with Crippen LogP contribution in [0.3, 0.4) is 0 Å². The number of aliphatic hydroxyl groups is 1. The second kappa shape index (κ2) is 7.29. The molecule has 3 amide bonds. The molecule has 29 heavy (non-hydrogen) atoms. The fourth-order valence-electron chi connectivity index (χ4n) is 4.86. The molecular formula is C22H31N3O4. The number of hydrogen-bond donors (Lipinski definition) is 2. The molecule has 0 bridgehead atoms. The largest absolute Gasteiger partial charge is 0.487 e. The second-order valence-electron chi connectivity index (χ2n) is 9.26. The summed E-state index contributed by atoms with van der Waals surface area (Å²) in [6.45, 7) is 8.82. The quantitative estimate of drug-likeness (QED) is 0.756. The van der Waals surface area contributed by atoms with E-state index < -0.39 is 11.1 Å². The Hall–Kier alpha value is -2.12. The monoisotopic (exact) mass is 401 g/mol. The van der Waals surface area contributed by atoms with E-state index in [2.05, 4.69) is 10.2 Å². The van der Waals surface area contributed by atoms with Gasteiger partial charge in [0.25, 0.3) is 5.91 Å². The number of imide groups is 1. The number of hydrogen-bond acceptors (Lipinski definition) is 5. The van der Waals surface area contributed by atoms with Crippen LogP contribution in [0.25, 0.3) is 0 Å². The maximum Gasteiger partial charge on any atom is 0.325 e. The van der Waals surface area contributed by atoms with Crippen LogP contribution < -0.4 is 10.1 Å². The first-order chi connectivity index (χ1) is 13.7. The standard InChI is InChI=1S/C22H31N3O4/c1-15-5-6-18-17(13-15)22(14-21(2,3)29-18)19(27)25(20(28)23-22)10-4-9-24-11-7-16(26)8-12-24/h5-6,13,16,26H,4,7-12,14H2,1-3H3,(H,23,28). The fraction of sp³-hybridized carbons (Fsp3) is 0.636. The number of amides is 3. The van der Waals surface area contributed by atoms with Gasteiger partial charge in [-0.05, 0) is 58.7 Å². The molecule has 0 aromatic heterocycles. The minimum Gasteiger partial charge on any atom is -0.487 e. The number of nitrogens with one attached hydrogen (secondary N) is 1. The Morgan fingerprint density at radius 1 is 1.21 bits per heavy atom. The molecule has 1 aromatic carbocycles. The van der Waals surface area contributed by atoms with Gasteiger partial charge in [-0.25, -0.2) is 4.79 Å². The third-order valence-corrected chi connectivity index (χ3v) is 6.26. The van der Waals surface area contributed by atoms with E-state index in [0.29, 0.717) is 18.7 Å². The van der Waals surface area contributed by atoms with Gasteiger partial charge in [0.05, 0.1) is 6.10 Å². The van der Waals surface area contributed by atoms with Crippen molar-refractivity contribution in [1.29, 1.82) is 0 Å². The van der Waals surface area contributed by atoms with E-state index in [1.54, 1.807) is 0 Å². The SMILES string of the molecule is Cc1ccc2c(c1)C1(CC(C)(C)O2)NC(=O)N(CCCN2CCC(O)CC2)C1=O. The number of benzene rings is 1. The molecule has 1 atom stereocenters. The van der Waals surface area contributed by atoms with Crippen molar-refractivity contribution in [1.82, 2.24) is 15.1 Å². The van der Waals surface area contributed by atoms with Gasteiger partial charge in [0.15, 0.2) is 5.54 Å². The highest BCUT2D eigenvalue weighted by Crippen LogP contribution is 2.46. The van der Waals surface area contributed by atoms with Crippen LogP contribution in [0.2, 0.25) is 0 Å². The topological polar surface area (TPSA) is 82.1 Å². The minimum atomic E-state index is -1.06. The number of rotatable bonds is 4. The molecule has 7 heteroatoms. The molecule has 1 spiro atoms. The van der Waals surface area contributed by atoms with Crippen LogP contribution in [-0.2, 0) is 10.3 Å². The van der Waals surface area contributed by atoms with Crippen molar-refractivity contribution in [2.24, 2.45) is 0 Å². The summed E-state index contributed by atoms with van der Waals surface area (Å²) in [4.78, 5) is 30.0. The normalized spacial score (nSPS) is 27.1. The molecule has 3 aliphatic heterocycles. The van der Waals surface area contributed by atoms with Crippen molar-refractivity contribution in [2.75, 3.05) is 26.2 Å². The molecule has 2 fully saturated rings. The van der Waals surface area contributed by atoms with Crippen molar-refractivity contribution in [2.45, 2.75) is 63.7 Å². The van der Waals surface area contributed by atoms with Crippen LogP contribution in [0.4, 0.5) is 4.79 Å². The van der Waals surface area contributed by atoms with Gasteiger partial charge in [0, 0.05) is 31.6 Å². The number of urea groups is 1. The molecule has 4 rings (SSSR count). The molecule has 0 saturated carbocycles. The first-order valence-corrected chi connectivity index (χ1v) is 10.5. The summed E-state index contributed by atoms with van der Waals surface area (Å²) in [7, 11) is 0. The molecule has 1 unspecified atom stereocenters. The highest BCUT2D eigenvalue weighted by Gasteiger charge is 2.58. The minimum absolute atomic E-state index is 0.181. The van der Waals surface area contributed by atoms with Crippen molar-refractivity contribution < 1.29 is 19.4 Å². The van der Waals surface area contributed by atoms with Crippen molar-refractivity contribution in [3.8, 4) is 5.75 Å². The molecule has 2 saturated heterocycles.